The van der Waals surface area contributed by atoms with Gasteiger partial charge >= 0.3 is 0 Å². The maximum absolute atomic E-state index is 2.42. The van der Waals surface area contributed by atoms with Gasteiger partial charge in [0.15, 0.2) is 0 Å². The lowest BCUT2D eigenvalue weighted by molar-refractivity contribution is 1.69. The van der Waals surface area contributed by atoms with Crippen LogP contribution in [0.25, 0.3) is 10.8 Å². The minimum Gasteiger partial charge on any atom is -0.0626 e. The van der Waals surface area contributed by atoms with Crippen LogP contribution >= 0.6 is 0 Å². The van der Waals surface area contributed by atoms with Crippen LogP contribution in [-0.2, 0) is 0 Å². The van der Waals surface area contributed by atoms with Gasteiger partial charge in [0.2, 0.25) is 0 Å². The molecule has 0 saturated heterocycles. The van der Waals surface area contributed by atoms with E-state index in [1.807, 2.05) is 0 Å². The predicted molar refractivity (Wildman–Crippen MR) is 87.1 cm³/mol. The summed E-state index contributed by atoms with van der Waals surface area (Å²) in [6.45, 7) is 4.85. The molecule has 1 heteroatoms. The second-order valence-electron chi connectivity index (χ2n) is 5.55. The molecule has 3 aromatic carbocycles. The number of fused-ring (bicyclic) bond motifs is 1. The van der Waals surface area contributed by atoms with Crippen molar-refractivity contribution >= 4 is 29.2 Å². The normalized spacial score (nSPS) is 11.7. The van der Waals surface area contributed by atoms with Gasteiger partial charge in [-0.15, -0.1) is 0 Å². The first-order valence-electron chi connectivity index (χ1n) is 6.73. The van der Waals surface area contributed by atoms with Crippen LogP contribution in [0.2, 0.25) is 13.1 Å². The molecular formula is C18H18Si. The lowest BCUT2D eigenvalue weighted by Crippen LogP contribution is -2.52. The van der Waals surface area contributed by atoms with Crippen LogP contribution in [0.1, 0.15) is 0 Å². The molecule has 0 aromatic heterocycles. The summed E-state index contributed by atoms with van der Waals surface area (Å²) in [6.07, 6.45) is 0. The highest BCUT2D eigenvalue weighted by Crippen LogP contribution is 2.14. The average molecular weight is 262 g/mol. The molecule has 0 radical (unpaired) electrons. The van der Waals surface area contributed by atoms with E-state index < -0.39 is 8.07 Å². The standard InChI is InChI=1S/C18H18Si/c1-19(2,17-10-4-3-5-11-17)18-13-12-15-8-6-7-9-16(15)14-18/h3-14H,1-2H3. The molecule has 0 N–H and O–H groups in total. The van der Waals surface area contributed by atoms with Crippen LogP contribution in [0.3, 0.4) is 0 Å². The quantitative estimate of drug-likeness (QED) is 0.618. The minimum absolute atomic E-state index is 1.32. The number of rotatable bonds is 2. The smallest absolute Gasteiger partial charge is 0.0626 e. The van der Waals surface area contributed by atoms with Crippen LogP contribution < -0.4 is 10.4 Å². The molecule has 0 aliphatic carbocycles. The second kappa shape index (κ2) is 4.67. The first kappa shape index (κ1) is 12.2. The summed E-state index contributed by atoms with van der Waals surface area (Å²) in [6, 6.07) is 26.4. The zero-order valence-electron chi connectivity index (χ0n) is 11.4. The van der Waals surface area contributed by atoms with Crippen molar-refractivity contribution in [2.24, 2.45) is 0 Å². The van der Waals surface area contributed by atoms with Crippen molar-refractivity contribution < 1.29 is 0 Å². The number of benzene rings is 3. The van der Waals surface area contributed by atoms with Gasteiger partial charge in [-0.1, -0.05) is 96.3 Å². The Morgan fingerprint density at radius 1 is 0.579 bits per heavy atom. The maximum atomic E-state index is 2.42. The van der Waals surface area contributed by atoms with Gasteiger partial charge in [-0.2, -0.15) is 0 Å². The summed E-state index contributed by atoms with van der Waals surface area (Å²) in [7, 11) is -1.57. The molecule has 19 heavy (non-hydrogen) atoms. The molecule has 0 spiro atoms. The lowest BCUT2D eigenvalue weighted by atomic mass is 10.1. The lowest BCUT2D eigenvalue weighted by Gasteiger charge is -2.24. The summed E-state index contributed by atoms with van der Waals surface area (Å²) in [4.78, 5) is 0. The van der Waals surface area contributed by atoms with Gasteiger partial charge in [0.05, 0.1) is 0 Å². The fraction of sp³-hybridized carbons (Fsp3) is 0.111. The molecule has 3 rings (SSSR count). The second-order valence-corrected chi connectivity index (χ2v) is 9.96. The van der Waals surface area contributed by atoms with E-state index in [2.05, 4.69) is 85.9 Å². The fourth-order valence-corrected chi connectivity index (χ4v) is 4.98. The molecule has 0 amide bonds. The van der Waals surface area contributed by atoms with Crippen molar-refractivity contribution in [1.29, 1.82) is 0 Å². The topological polar surface area (TPSA) is 0 Å². The van der Waals surface area contributed by atoms with E-state index in [1.165, 1.54) is 21.1 Å². The Kier molecular flexibility index (Phi) is 3.00. The summed E-state index contributed by atoms with van der Waals surface area (Å²) in [5.41, 5.74) is 0. The van der Waals surface area contributed by atoms with Crippen molar-refractivity contribution in [3.63, 3.8) is 0 Å². The Morgan fingerprint density at radius 3 is 1.95 bits per heavy atom. The Labute approximate surface area is 115 Å². The average Bonchev–Trinajstić information content (AvgIpc) is 2.47. The van der Waals surface area contributed by atoms with Gasteiger partial charge in [0.1, 0.15) is 8.07 Å². The molecule has 0 atom stereocenters. The van der Waals surface area contributed by atoms with Crippen LogP contribution in [0.5, 0.6) is 0 Å². The van der Waals surface area contributed by atoms with Crippen molar-refractivity contribution in [1.82, 2.24) is 0 Å². The van der Waals surface area contributed by atoms with Crippen LogP contribution in [0.4, 0.5) is 0 Å². The molecular weight excluding hydrogens is 244 g/mol. The highest BCUT2D eigenvalue weighted by Gasteiger charge is 2.25. The van der Waals surface area contributed by atoms with Gasteiger partial charge in [-0.3, -0.25) is 0 Å². The van der Waals surface area contributed by atoms with Crippen molar-refractivity contribution in [2.45, 2.75) is 13.1 Å². The van der Waals surface area contributed by atoms with Gasteiger partial charge in [-0.05, 0) is 10.8 Å². The minimum atomic E-state index is -1.57. The molecule has 0 aliphatic heterocycles. The fourth-order valence-electron chi connectivity index (χ4n) is 2.60. The molecule has 0 aliphatic rings. The summed E-state index contributed by atoms with van der Waals surface area (Å²) >= 11 is 0. The van der Waals surface area contributed by atoms with E-state index in [0.717, 1.165) is 0 Å². The molecule has 0 fully saturated rings. The van der Waals surface area contributed by atoms with E-state index in [1.54, 1.807) is 0 Å². The van der Waals surface area contributed by atoms with Crippen LogP contribution in [0.15, 0.2) is 72.8 Å². The third-order valence-corrected chi connectivity index (χ3v) is 7.50. The number of hydrogen-bond donors (Lipinski definition) is 0. The molecule has 94 valence electrons. The summed E-state index contributed by atoms with van der Waals surface area (Å²) in [5.74, 6) is 0. The van der Waals surface area contributed by atoms with Gasteiger partial charge in [0, 0.05) is 0 Å². The zero-order valence-corrected chi connectivity index (χ0v) is 12.4. The van der Waals surface area contributed by atoms with E-state index in [-0.39, 0.29) is 0 Å². The maximum Gasteiger partial charge on any atom is 0.112 e. The SMILES string of the molecule is C[Si](C)(c1ccccc1)c1ccc2ccccc2c1. The first-order chi connectivity index (χ1) is 9.18. The highest BCUT2D eigenvalue weighted by molar-refractivity contribution is 7.00. The van der Waals surface area contributed by atoms with Crippen molar-refractivity contribution in [2.75, 3.05) is 0 Å². The first-order valence-corrected chi connectivity index (χ1v) is 9.73. The molecule has 0 unspecified atom stereocenters. The van der Waals surface area contributed by atoms with E-state index in [9.17, 15) is 0 Å². The van der Waals surface area contributed by atoms with E-state index >= 15 is 0 Å². The third kappa shape index (κ3) is 2.22. The van der Waals surface area contributed by atoms with Crippen LogP contribution in [0, 0.1) is 0 Å². The zero-order chi connectivity index (χ0) is 13.3. The van der Waals surface area contributed by atoms with E-state index in [0.29, 0.717) is 0 Å². The Morgan fingerprint density at radius 2 is 1.21 bits per heavy atom. The summed E-state index contributed by atoms with van der Waals surface area (Å²) < 4.78 is 0. The molecule has 0 heterocycles. The van der Waals surface area contributed by atoms with Gasteiger partial charge in [-0.25, -0.2) is 0 Å². The van der Waals surface area contributed by atoms with Crippen molar-refractivity contribution in [3.05, 3.63) is 72.8 Å². The Hall–Kier alpha value is -1.86. The Bertz CT molecular complexity index is 699. The highest BCUT2D eigenvalue weighted by atomic mass is 28.3. The predicted octanol–water partition coefficient (Wildman–Crippen LogP) is 3.66. The molecule has 0 nitrogen and oxygen atoms in total. The molecule has 3 aromatic rings. The summed E-state index contributed by atoms with van der Waals surface area (Å²) in [5, 5.41) is 5.66. The Balaban J connectivity index is 2.13. The number of hydrogen-bond acceptors (Lipinski definition) is 0. The molecule has 0 bridgehead atoms. The largest absolute Gasteiger partial charge is 0.112 e. The van der Waals surface area contributed by atoms with Crippen LogP contribution in [-0.4, -0.2) is 8.07 Å². The third-order valence-electron chi connectivity index (χ3n) is 3.97. The van der Waals surface area contributed by atoms with E-state index in [4.69, 9.17) is 0 Å². The van der Waals surface area contributed by atoms with Crippen molar-refractivity contribution in [3.8, 4) is 0 Å². The monoisotopic (exact) mass is 262 g/mol. The van der Waals surface area contributed by atoms with Gasteiger partial charge < -0.3 is 0 Å². The van der Waals surface area contributed by atoms with Gasteiger partial charge in [0.25, 0.3) is 0 Å². The molecule has 0 saturated carbocycles.